The van der Waals surface area contributed by atoms with Gasteiger partial charge in [0.25, 0.3) is 0 Å². The van der Waals surface area contributed by atoms with Crippen LogP contribution in [0.1, 0.15) is 17.5 Å². The maximum Gasteiger partial charge on any atom is 0.124 e. The van der Waals surface area contributed by atoms with Crippen LogP contribution in [0.15, 0.2) is 48.8 Å². The second-order valence-corrected chi connectivity index (χ2v) is 5.59. The molecule has 0 amide bonds. The average molecular weight is 299 g/mol. The molecule has 1 N–H and O–H groups in total. The van der Waals surface area contributed by atoms with Gasteiger partial charge >= 0.3 is 0 Å². The highest BCUT2D eigenvalue weighted by Crippen LogP contribution is 2.19. The Morgan fingerprint density at radius 3 is 2.77 bits per heavy atom. The number of ether oxygens (including phenoxy) is 1. The van der Waals surface area contributed by atoms with Gasteiger partial charge in [0, 0.05) is 30.1 Å². The van der Waals surface area contributed by atoms with E-state index in [1.54, 1.807) is 6.20 Å². The van der Waals surface area contributed by atoms with Gasteiger partial charge in [0.1, 0.15) is 12.4 Å². The molecular formula is C18H25N3O. The predicted octanol–water partition coefficient (Wildman–Crippen LogP) is 2.70. The summed E-state index contributed by atoms with van der Waals surface area (Å²) in [4.78, 5) is 6.31. The van der Waals surface area contributed by atoms with E-state index in [9.17, 15) is 0 Å². The Balaban J connectivity index is 1.81. The number of para-hydroxylation sites is 1. The molecule has 0 fully saturated rings. The molecule has 0 aliphatic heterocycles. The van der Waals surface area contributed by atoms with Crippen molar-refractivity contribution < 1.29 is 4.74 Å². The average Bonchev–Trinajstić information content (AvgIpc) is 2.54. The summed E-state index contributed by atoms with van der Waals surface area (Å²) in [5.41, 5.74) is 2.27. The van der Waals surface area contributed by atoms with Crippen molar-refractivity contribution in [3.63, 3.8) is 0 Å². The zero-order valence-corrected chi connectivity index (χ0v) is 13.5. The molecule has 2 rings (SSSR count). The molecular weight excluding hydrogens is 274 g/mol. The molecule has 0 unspecified atom stereocenters. The van der Waals surface area contributed by atoms with Gasteiger partial charge in [0.2, 0.25) is 0 Å². The summed E-state index contributed by atoms with van der Waals surface area (Å²) in [5.74, 6) is 0.937. The van der Waals surface area contributed by atoms with Crippen LogP contribution in [-0.4, -0.2) is 37.1 Å². The van der Waals surface area contributed by atoms with E-state index >= 15 is 0 Å². The molecule has 1 aromatic heterocycles. The Kier molecular flexibility index (Phi) is 6.87. The Hall–Kier alpha value is -1.91. The Morgan fingerprint density at radius 1 is 1.14 bits per heavy atom. The fourth-order valence-corrected chi connectivity index (χ4v) is 2.18. The number of benzene rings is 1. The summed E-state index contributed by atoms with van der Waals surface area (Å²) in [5, 5.41) is 3.48. The van der Waals surface area contributed by atoms with Gasteiger partial charge in [0.15, 0.2) is 0 Å². The number of hydrogen-bond donors (Lipinski definition) is 1. The largest absolute Gasteiger partial charge is 0.489 e. The molecule has 4 nitrogen and oxygen atoms in total. The van der Waals surface area contributed by atoms with E-state index in [-0.39, 0.29) is 0 Å². The third kappa shape index (κ3) is 5.84. The summed E-state index contributed by atoms with van der Waals surface area (Å²) in [6.45, 7) is 3.49. The van der Waals surface area contributed by atoms with Gasteiger partial charge in [-0.3, -0.25) is 4.98 Å². The van der Waals surface area contributed by atoms with Crippen LogP contribution in [0.4, 0.5) is 0 Å². The minimum absolute atomic E-state index is 0.547. The smallest absolute Gasteiger partial charge is 0.124 e. The quantitative estimate of drug-likeness (QED) is 0.722. The summed E-state index contributed by atoms with van der Waals surface area (Å²) >= 11 is 0. The molecule has 22 heavy (non-hydrogen) atoms. The lowest BCUT2D eigenvalue weighted by atomic mass is 10.2. The maximum absolute atomic E-state index is 5.93. The highest BCUT2D eigenvalue weighted by molar-refractivity contribution is 5.33. The van der Waals surface area contributed by atoms with E-state index in [2.05, 4.69) is 35.4 Å². The maximum atomic E-state index is 5.93. The number of nitrogens with zero attached hydrogens (tertiary/aromatic N) is 2. The van der Waals surface area contributed by atoms with Crippen LogP contribution in [0.3, 0.4) is 0 Å². The molecule has 1 aromatic carbocycles. The first-order chi connectivity index (χ1) is 10.8. The van der Waals surface area contributed by atoms with Crippen LogP contribution in [0.2, 0.25) is 0 Å². The van der Waals surface area contributed by atoms with Crippen molar-refractivity contribution in [1.29, 1.82) is 0 Å². The molecule has 4 heteroatoms. The van der Waals surface area contributed by atoms with E-state index in [1.807, 2.05) is 36.5 Å². The highest BCUT2D eigenvalue weighted by atomic mass is 16.5. The molecule has 0 atom stereocenters. The number of pyridine rings is 1. The van der Waals surface area contributed by atoms with Gasteiger partial charge in [-0.25, -0.2) is 0 Å². The van der Waals surface area contributed by atoms with E-state index < -0.39 is 0 Å². The minimum Gasteiger partial charge on any atom is -0.489 e. The van der Waals surface area contributed by atoms with Crippen LogP contribution < -0.4 is 10.1 Å². The fraction of sp³-hybridized carbons (Fsp3) is 0.389. The summed E-state index contributed by atoms with van der Waals surface area (Å²) in [6, 6.07) is 12.1. The van der Waals surface area contributed by atoms with Gasteiger partial charge in [-0.2, -0.15) is 0 Å². The van der Waals surface area contributed by atoms with Crippen molar-refractivity contribution in [2.75, 3.05) is 27.2 Å². The van der Waals surface area contributed by atoms with Gasteiger partial charge < -0.3 is 15.0 Å². The van der Waals surface area contributed by atoms with Crippen LogP contribution in [0.25, 0.3) is 0 Å². The molecule has 0 saturated carbocycles. The molecule has 118 valence electrons. The van der Waals surface area contributed by atoms with Crippen LogP contribution in [-0.2, 0) is 13.2 Å². The van der Waals surface area contributed by atoms with E-state index in [0.29, 0.717) is 6.61 Å². The van der Waals surface area contributed by atoms with E-state index in [0.717, 1.165) is 37.4 Å². The lowest BCUT2D eigenvalue weighted by Gasteiger charge is -2.13. The Bertz CT molecular complexity index is 543. The van der Waals surface area contributed by atoms with Gasteiger partial charge in [0.05, 0.1) is 0 Å². The predicted molar refractivity (Wildman–Crippen MR) is 89.9 cm³/mol. The first-order valence-electron chi connectivity index (χ1n) is 7.71. The molecule has 0 bridgehead atoms. The van der Waals surface area contributed by atoms with Crippen molar-refractivity contribution in [3.8, 4) is 5.75 Å². The number of hydrogen-bond acceptors (Lipinski definition) is 4. The standard InChI is InChI=1S/C18H25N3O/c1-21(2)12-6-11-20-14-17-8-3-4-9-18(17)22-15-16-7-5-10-19-13-16/h3-5,7-10,13,20H,6,11-12,14-15H2,1-2H3. The summed E-state index contributed by atoms with van der Waals surface area (Å²) in [7, 11) is 4.20. The number of nitrogens with one attached hydrogen (secondary N) is 1. The van der Waals surface area contributed by atoms with E-state index in [1.165, 1.54) is 5.56 Å². The van der Waals surface area contributed by atoms with Crippen LogP contribution >= 0.6 is 0 Å². The Morgan fingerprint density at radius 2 is 2.00 bits per heavy atom. The second kappa shape index (κ2) is 9.18. The number of aromatic nitrogens is 1. The zero-order chi connectivity index (χ0) is 15.6. The first-order valence-corrected chi connectivity index (χ1v) is 7.71. The SMILES string of the molecule is CN(C)CCCNCc1ccccc1OCc1cccnc1. The topological polar surface area (TPSA) is 37.4 Å². The van der Waals surface area contributed by atoms with Crippen molar-refractivity contribution in [3.05, 3.63) is 59.9 Å². The molecule has 0 radical (unpaired) electrons. The van der Waals surface area contributed by atoms with Crippen molar-refractivity contribution >= 4 is 0 Å². The molecule has 1 heterocycles. The lowest BCUT2D eigenvalue weighted by Crippen LogP contribution is -2.21. The summed E-state index contributed by atoms with van der Waals surface area (Å²) in [6.07, 6.45) is 4.75. The van der Waals surface area contributed by atoms with E-state index in [4.69, 9.17) is 4.74 Å². The second-order valence-electron chi connectivity index (χ2n) is 5.59. The van der Waals surface area contributed by atoms with Crippen LogP contribution in [0, 0.1) is 0 Å². The number of rotatable bonds is 9. The lowest BCUT2D eigenvalue weighted by molar-refractivity contribution is 0.301. The van der Waals surface area contributed by atoms with Crippen molar-refractivity contribution in [2.45, 2.75) is 19.6 Å². The molecule has 2 aromatic rings. The molecule has 0 aliphatic carbocycles. The van der Waals surface area contributed by atoms with Crippen LogP contribution in [0.5, 0.6) is 5.75 Å². The van der Waals surface area contributed by atoms with Gasteiger partial charge in [-0.15, -0.1) is 0 Å². The normalized spacial score (nSPS) is 10.9. The molecule has 0 saturated heterocycles. The van der Waals surface area contributed by atoms with Gasteiger partial charge in [-0.1, -0.05) is 24.3 Å². The minimum atomic E-state index is 0.547. The van der Waals surface area contributed by atoms with Crippen molar-refractivity contribution in [1.82, 2.24) is 15.2 Å². The summed E-state index contributed by atoms with van der Waals surface area (Å²) < 4.78 is 5.93. The van der Waals surface area contributed by atoms with Gasteiger partial charge in [-0.05, 0) is 45.7 Å². The molecule has 0 aliphatic rings. The fourth-order valence-electron chi connectivity index (χ4n) is 2.18. The monoisotopic (exact) mass is 299 g/mol. The highest BCUT2D eigenvalue weighted by Gasteiger charge is 2.03. The Labute approximate surface area is 133 Å². The zero-order valence-electron chi connectivity index (χ0n) is 13.5. The first kappa shape index (κ1) is 16.5. The van der Waals surface area contributed by atoms with Crippen molar-refractivity contribution in [2.24, 2.45) is 0 Å². The third-order valence-electron chi connectivity index (χ3n) is 3.36. The third-order valence-corrected chi connectivity index (χ3v) is 3.36. The molecule has 0 spiro atoms.